The number of guanidine groups is 1. The molecule has 27 heavy (non-hydrogen) atoms. The molecule has 0 unspecified atom stereocenters. The van der Waals surface area contributed by atoms with Crippen LogP contribution >= 0.6 is 0 Å². The molecule has 0 radical (unpaired) electrons. The van der Waals surface area contributed by atoms with Crippen LogP contribution in [0.25, 0.3) is 0 Å². The summed E-state index contributed by atoms with van der Waals surface area (Å²) in [6, 6.07) is 8.66. The van der Waals surface area contributed by atoms with Gasteiger partial charge < -0.3 is 15.1 Å². The first-order valence-electron chi connectivity index (χ1n) is 9.80. The maximum atomic E-state index is 5.62. The molecule has 0 saturated heterocycles. The third-order valence-electron chi connectivity index (χ3n) is 4.54. The molecule has 1 aromatic heterocycles. The topological polar surface area (TPSA) is 65.7 Å². The SMILES string of the molecule is CCNC(=NCc1cccc(CN(CC)CC)c1)NCc1nc(C)c(C)o1. The number of aliphatic imine (C=N–C) groups is 1. The number of aryl methyl sites for hydroxylation is 2. The van der Waals surface area contributed by atoms with Crippen molar-refractivity contribution in [1.82, 2.24) is 20.5 Å². The summed E-state index contributed by atoms with van der Waals surface area (Å²) in [4.78, 5) is 11.5. The number of nitrogens with one attached hydrogen (secondary N) is 2. The van der Waals surface area contributed by atoms with E-state index in [4.69, 9.17) is 9.41 Å². The zero-order valence-electron chi connectivity index (χ0n) is 17.3. The highest BCUT2D eigenvalue weighted by molar-refractivity contribution is 5.79. The number of nitrogens with zero attached hydrogens (tertiary/aromatic N) is 3. The molecule has 0 atom stereocenters. The highest BCUT2D eigenvalue weighted by atomic mass is 16.4. The van der Waals surface area contributed by atoms with E-state index in [1.165, 1.54) is 11.1 Å². The number of benzene rings is 1. The number of hydrogen-bond acceptors (Lipinski definition) is 4. The average molecular weight is 372 g/mol. The molecule has 2 N–H and O–H groups in total. The first kappa shape index (κ1) is 21.0. The lowest BCUT2D eigenvalue weighted by molar-refractivity contribution is 0.296. The Labute approximate surface area is 163 Å². The number of rotatable bonds is 9. The van der Waals surface area contributed by atoms with Crippen LogP contribution in [0, 0.1) is 13.8 Å². The minimum atomic E-state index is 0.516. The summed E-state index contributed by atoms with van der Waals surface area (Å²) in [6.07, 6.45) is 0. The van der Waals surface area contributed by atoms with Crippen LogP contribution in [0.2, 0.25) is 0 Å². The minimum Gasteiger partial charge on any atom is -0.444 e. The highest BCUT2D eigenvalue weighted by Crippen LogP contribution is 2.10. The fraction of sp³-hybridized carbons (Fsp3) is 0.524. The van der Waals surface area contributed by atoms with Gasteiger partial charge in [0.2, 0.25) is 5.89 Å². The molecule has 0 saturated carbocycles. The second-order valence-electron chi connectivity index (χ2n) is 6.58. The molecule has 2 aromatic rings. The van der Waals surface area contributed by atoms with E-state index in [0.717, 1.165) is 43.6 Å². The van der Waals surface area contributed by atoms with Crippen molar-refractivity contribution in [2.45, 2.75) is 54.3 Å². The van der Waals surface area contributed by atoms with Gasteiger partial charge in [0.25, 0.3) is 0 Å². The summed E-state index contributed by atoms with van der Waals surface area (Å²) in [5.41, 5.74) is 3.47. The van der Waals surface area contributed by atoms with Crippen LogP contribution < -0.4 is 10.6 Å². The van der Waals surface area contributed by atoms with Crippen LogP contribution in [0.5, 0.6) is 0 Å². The van der Waals surface area contributed by atoms with Crippen molar-refractivity contribution in [3.05, 3.63) is 52.7 Å². The molecule has 148 valence electrons. The van der Waals surface area contributed by atoms with E-state index in [0.29, 0.717) is 19.0 Å². The largest absolute Gasteiger partial charge is 0.444 e. The van der Waals surface area contributed by atoms with E-state index < -0.39 is 0 Å². The molecule has 1 aromatic carbocycles. The summed E-state index contributed by atoms with van der Waals surface area (Å²) >= 11 is 0. The first-order valence-corrected chi connectivity index (χ1v) is 9.80. The van der Waals surface area contributed by atoms with E-state index in [2.05, 4.69) is 65.6 Å². The van der Waals surface area contributed by atoms with Crippen LogP contribution in [-0.2, 0) is 19.6 Å². The Morgan fingerprint density at radius 3 is 2.48 bits per heavy atom. The Kier molecular flexibility index (Phi) is 8.33. The Morgan fingerprint density at radius 2 is 1.85 bits per heavy atom. The molecule has 2 rings (SSSR count). The van der Waals surface area contributed by atoms with Gasteiger partial charge in [-0.2, -0.15) is 0 Å². The van der Waals surface area contributed by atoms with Crippen LogP contribution in [0.1, 0.15) is 49.2 Å². The third-order valence-corrected chi connectivity index (χ3v) is 4.54. The van der Waals surface area contributed by atoms with Crippen molar-refractivity contribution in [3.8, 4) is 0 Å². The van der Waals surface area contributed by atoms with Crippen molar-refractivity contribution in [2.75, 3.05) is 19.6 Å². The molecular weight excluding hydrogens is 338 g/mol. The van der Waals surface area contributed by atoms with E-state index in [1.807, 2.05) is 13.8 Å². The van der Waals surface area contributed by atoms with Gasteiger partial charge in [0, 0.05) is 13.1 Å². The quantitative estimate of drug-likeness (QED) is 0.522. The van der Waals surface area contributed by atoms with Gasteiger partial charge in [0.1, 0.15) is 5.76 Å². The van der Waals surface area contributed by atoms with Gasteiger partial charge in [0.05, 0.1) is 18.8 Å². The summed E-state index contributed by atoms with van der Waals surface area (Å²) < 4.78 is 5.62. The van der Waals surface area contributed by atoms with E-state index >= 15 is 0 Å². The third kappa shape index (κ3) is 6.71. The molecule has 0 amide bonds. The Hall–Kier alpha value is -2.34. The second kappa shape index (κ2) is 10.7. The van der Waals surface area contributed by atoms with Crippen molar-refractivity contribution in [3.63, 3.8) is 0 Å². The molecular formula is C21H33N5O. The minimum absolute atomic E-state index is 0.516. The normalized spacial score (nSPS) is 11.9. The van der Waals surface area contributed by atoms with Crippen molar-refractivity contribution in [1.29, 1.82) is 0 Å². The number of aromatic nitrogens is 1. The molecule has 0 bridgehead atoms. The van der Waals surface area contributed by atoms with Crippen molar-refractivity contribution in [2.24, 2.45) is 4.99 Å². The van der Waals surface area contributed by atoms with Gasteiger partial charge in [0.15, 0.2) is 5.96 Å². The molecule has 0 aliphatic rings. The van der Waals surface area contributed by atoms with Crippen LogP contribution in [0.15, 0.2) is 33.7 Å². The van der Waals surface area contributed by atoms with Gasteiger partial charge >= 0.3 is 0 Å². The van der Waals surface area contributed by atoms with Crippen LogP contribution in [0.4, 0.5) is 0 Å². The van der Waals surface area contributed by atoms with Gasteiger partial charge in [-0.1, -0.05) is 38.1 Å². The van der Waals surface area contributed by atoms with Gasteiger partial charge in [-0.3, -0.25) is 4.90 Å². The zero-order valence-corrected chi connectivity index (χ0v) is 17.3. The first-order chi connectivity index (χ1) is 13.0. The summed E-state index contributed by atoms with van der Waals surface area (Å²) in [6.45, 7) is 15.4. The summed E-state index contributed by atoms with van der Waals surface area (Å²) in [5.74, 6) is 2.30. The predicted octanol–water partition coefficient (Wildman–Crippen LogP) is 3.39. The maximum absolute atomic E-state index is 5.62. The lowest BCUT2D eigenvalue weighted by atomic mass is 10.1. The molecule has 0 aliphatic carbocycles. The maximum Gasteiger partial charge on any atom is 0.214 e. The molecule has 0 aliphatic heterocycles. The highest BCUT2D eigenvalue weighted by Gasteiger charge is 2.07. The molecule has 6 heteroatoms. The van der Waals surface area contributed by atoms with E-state index in [9.17, 15) is 0 Å². The van der Waals surface area contributed by atoms with Gasteiger partial charge in [-0.25, -0.2) is 9.98 Å². The number of oxazole rings is 1. The van der Waals surface area contributed by atoms with Gasteiger partial charge in [-0.05, 0) is 45.0 Å². The van der Waals surface area contributed by atoms with E-state index in [1.54, 1.807) is 0 Å². The molecule has 6 nitrogen and oxygen atoms in total. The second-order valence-corrected chi connectivity index (χ2v) is 6.58. The summed E-state index contributed by atoms with van der Waals surface area (Å²) in [7, 11) is 0. The Balaban J connectivity index is 1.98. The molecule has 0 spiro atoms. The van der Waals surface area contributed by atoms with Crippen molar-refractivity contribution < 1.29 is 4.42 Å². The molecule has 1 heterocycles. The van der Waals surface area contributed by atoms with E-state index in [-0.39, 0.29) is 0 Å². The fourth-order valence-electron chi connectivity index (χ4n) is 2.82. The number of hydrogen-bond donors (Lipinski definition) is 2. The van der Waals surface area contributed by atoms with Gasteiger partial charge in [-0.15, -0.1) is 0 Å². The summed E-state index contributed by atoms with van der Waals surface area (Å²) in [5, 5.41) is 6.56. The monoisotopic (exact) mass is 371 g/mol. The van der Waals surface area contributed by atoms with Crippen molar-refractivity contribution >= 4 is 5.96 Å². The van der Waals surface area contributed by atoms with Crippen LogP contribution in [0.3, 0.4) is 0 Å². The predicted molar refractivity (Wildman–Crippen MR) is 111 cm³/mol. The Morgan fingerprint density at radius 1 is 1.11 bits per heavy atom. The Bertz CT molecular complexity index is 714. The zero-order chi connectivity index (χ0) is 19.6. The van der Waals surface area contributed by atoms with Crippen LogP contribution in [-0.4, -0.2) is 35.5 Å². The molecule has 0 fully saturated rings. The lowest BCUT2D eigenvalue weighted by Gasteiger charge is -2.18. The lowest BCUT2D eigenvalue weighted by Crippen LogP contribution is -2.36. The smallest absolute Gasteiger partial charge is 0.214 e. The fourth-order valence-corrected chi connectivity index (χ4v) is 2.82. The average Bonchev–Trinajstić information content (AvgIpc) is 3.00. The standard InChI is InChI=1S/C21H33N5O/c1-6-22-21(24-14-20-25-16(4)17(5)27-20)23-13-18-10-9-11-19(12-18)15-26(7-2)8-3/h9-12H,6-8,13-15H2,1-5H3,(H2,22,23,24).